The normalized spacial score (nSPS) is 11.9. The molecule has 4 nitrogen and oxygen atoms in total. The lowest BCUT2D eigenvalue weighted by Crippen LogP contribution is -2.34. The van der Waals surface area contributed by atoms with Crippen LogP contribution in [0.25, 0.3) is 0 Å². The smallest absolute Gasteiger partial charge is 0.303 e. The molecule has 0 heterocycles. The molecule has 0 spiro atoms. The Bertz CT molecular complexity index is 429. The SMILES string of the molecule is Cc1cccc(CC(=O)NC(C)CCC(=O)O)c1. The fourth-order valence-corrected chi connectivity index (χ4v) is 1.75. The van der Waals surface area contributed by atoms with Crippen molar-refractivity contribution in [3.8, 4) is 0 Å². The number of carboxylic acids is 1. The highest BCUT2D eigenvalue weighted by Gasteiger charge is 2.09. The van der Waals surface area contributed by atoms with Crippen LogP contribution in [0, 0.1) is 6.92 Å². The molecule has 18 heavy (non-hydrogen) atoms. The lowest BCUT2D eigenvalue weighted by molar-refractivity contribution is -0.137. The Kier molecular flexibility index (Phi) is 5.36. The Morgan fingerprint density at radius 2 is 2.11 bits per heavy atom. The van der Waals surface area contributed by atoms with Crippen molar-refractivity contribution in [1.29, 1.82) is 0 Å². The molecule has 0 bridgehead atoms. The fourth-order valence-electron chi connectivity index (χ4n) is 1.75. The molecule has 1 aromatic carbocycles. The third-order valence-electron chi connectivity index (χ3n) is 2.65. The molecule has 1 aromatic rings. The molecule has 4 heteroatoms. The molecule has 1 rings (SSSR count). The summed E-state index contributed by atoms with van der Waals surface area (Å²) in [5.41, 5.74) is 2.09. The number of aliphatic carboxylic acids is 1. The highest BCUT2D eigenvalue weighted by Crippen LogP contribution is 2.05. The van der Waals surface area contributed by atoms with E-state index in [4.69, 9.17) is 5.11 Å². The standard InChI is InChI=1S/C14H19NO3/c1-10-4-3-5-12(8-10)9-13(16)15-11(2)6-7-14(17)18/h3-5,8,11H,6-7,9H2,1-2H3,(H,15,16)(H,17,18). The molecular formula is C14H19NO3. The monoisotopic (exact) mass is 249 g/mol. The largest absolute Gasteiger partial charge is 0.481 e. The van der Waals surface area contributed by atoms with E-state index in [0.717, 1.165) is 11.1 Å². The number of aryl methyl sites for hydroxylation is 1. The van der Waals surface area contributed by atoms with E-state index < -0.39 is 5.97 Å². The quantitative estimate of drug-likeness (QED) is 0.809. The zero-order valence-corrected chi connectivity index (χ0v) is 10.8. The number of nitrogens with one attached hydrogen (secondary N) is 1. The summed E-state index contributed by atoms with van der Waals surface area (Å²) < 4.78 is 0. The number of carboxylic acid groups (broad SMARTS) is 1. The summed E-state index contributed by atoms with van der Waals surface area (Å²) >= 11 is 0. The first kappa shape index (κ1) is 14.2. The topological polar surface area (TPSA) is 66.4 Å². The summed E-state index contributed by atoms with van der Waals surface area (Å²) in [4.78, 5) is 22.1. The Morgan fingerprint density at radius 3 is 2.72 bits per heavy atom. The number of benzene rings is 1. The van der Waals surface area contributed by atoms with Gasteiger partial charge in [-0.25, -0.2) is 0 Å². The van der Waals surface area contributed by atoms with Gasteiger partial charge in [-0.05, 0) is 25.8 Å². The fraction of sp³-hybridized carbons (Fsp3) is 0.429. The Morgan fingerprint density at radius 1 is 1.39 bits per heavy atom. The maximum Gasteiger partial charge on any atom is 0.303 e. The van der Waals surface area contributed by atoms with E-state index >= 15 is 0 Å². The Labute approximate surface area is 107 Å². The van der Waals surface area contributed by atoms with Crippen molar-refractivity contribution in [1.82, 2.24) is 5.32 Å². The van der Waals surface area contributed by atoms with Gasteiger partial charge in [0.15, 0.2) is 0 Å². The summed E-state index contributed by atoms with van der Waals surface area (Å²) in [6.45, 7) is 3.80. The van der Waals surface area contributed by atoms with Crippen LogP contribution < -0.4 is 5.32 Å². The van der Waals surface area contributed by atoms with E-state index in [2.05, 4.69) is 5.32 Å². The molecule has 0 saturated carbocycles. The molecule has 1 amide bonds. The lowest BCUT2D eigenvalue weighted by Gasteiger charge is -2.12. The maximum atomic E-state index is 11.7. The van der Waals surface area contributed by atoms with Gasteiger partial charge in [-0.15, -0.1) is 0 Å². The summed E-state index contributed by atoms with van der Waals surface area (Å²) in [6, 6.07) is 7.68. The molecule has 0 aromatic heterocycles. The average molecular weight is 249 g/mol. The van der Waals surface area contributed by atoms with Gasteiger partial charge in [0, 0.05) is 12.5 Å². The van der Waals surface area contributed by atoms with Gasteiger partial charge in [-0.1, -0.05) is 29.8 Å². The first-order chi connectivity index (χ1) is 8.47. The van der Waals surface area contributed by atoms with Crippen molar-refractivity contribution < 1.29 is 14.7 Å². The van der Waals surface area contributed by atoms with Crippen molar-refractivity contribution in [3.63, 3.8) is 0 Å². The number of hydrogen-bond donors (Lipinski definition) is 2. The third-order valence-corrected chi connectivity index (χ3v) is 2.65. The molecule has 0 aliphatic heterocycles. The highest BCUT2D eigenvalue weighted by atomic mass is 16.4. The minimum atomic E-state index is -0.838. The van der Waals surface area contributed by atoms with E-state index in [0.29, 0.717) is 12.8 Å². The number of hydrogen-bond acceptors (Lipinski definition) is 2. The van der Waals surface area contributed by atoms with E-state index in [9.17, 15) is 9.59 Å². The first-order valence-corrected chi connectivity index (χ1v) is 6.04. The molecular weight excluding hydrogens is 230 g/mol. The van der Waals surface area contributed by atoms with Crippen molar-refractivity contribution in [2.45, 2.75) is 39.2 Å². The Balaban J connectivity index is 2.39. The second-order valence-corrected chi connectivity index (χ2v) is 4.57. The van der Waals surface area contributed by atoms with Crippen molar-refractivity contribution in [2.24, 2.45) is 0 Å². The predicted molar refractivity (Wildman–Crippen MR) is 69.4 cm³/mol. The van der Waals surface area contributed by atoms with Crippen LogP contribution in [0.4, 0.5) is 0 Å². The van der Waals surface area contributed by atoms with E-state index in [1.54, 1.807) is 0 Å². The van der Waals surface area contributed by atoms with Crippen LogP contribution in [0.3, 0.4) is 0 Å². The van der Waals surface area contributed by atoms with E-state index in [1.807, 2.05) is 38.1 Å². The number of carbonyl (C=O) groups excluding carboxylic acids is 1. The van der Waals surface area contributed by atoms with Crippen molar-refractivity contribution in [3.05, 3.63) is 35.4 Å². The summed E-state index contributed by atoms with van der Waals surface area (Å²) in [6.07, 6.45) is 0.861. The van der Waals surface area contributed by atoms with Gasteiger partial charge in [0.1, 0.15) is 0 Å². The van der Waals surface area contributed by atoms with Crippen LogP contribution in [0.15, 0.2) is 24.3 Å². The second kappa shape index (κ2) is 6.79. The first-order valence-electron chi connectivity index (χ1n) is 6.04. The average Bonchev–Trinajstić information content (AvgIpc) is 2.26. The predicted octanol–water partition coefficient (Wildman–Crippen LogP) is 1.91. The van der Waals surface area contributed by atoms with Crippen LogP contribution in [0.5, 0.6) is 0 Å². The van der Waals surface area contributed by atoms with E-state index in [-0.39, 0.29) is 18.4 Å². The molecule has 0 saturated heterocycles. The highest BCUT2D eigenvalue weighted by molar-refractivity contribution is 5.79. The maximum absolute atomic E-state index is 11.7. The second-order valence-electron chi connectivity index (χ2n) is 4.57. The van der Waals surface area contributed by atoms with Gasteiger partial charge in [0.25, 0.3) is 0 Å². The molecule has 0 aliphatic carbocycles. The Hall–Kier alpha value is -1.84. The molecule has 0 fully saturated rings. The van der Waals surface area contributed by atoms with Crippen LogP contribution in [-0.2, 0) is 16.0 Å². The van der Waals surface area contributed by atoms with Gasteiger partial charge in [-0.2, -0.15) is 0 Å². The van der Waals surface area contributed by atoms with Gasteiger partial charge in [-0.3, -0.25) is 9.59 Å². The van der Waals surface area contributed by atoms with E-state index in [1.165, 1.54) is 0 Å². The molecule has 0 radical (unpaired) electrons. The van der Waals surface area contributed by atoms with Crippen molar-refractivity contribution >= 4 is 11.9 Å². The van der Waals surface area contributed by atoms with Gasteiger partial charge in [0.05, 0.1) is 6.42 Å². The van der Waals surface area contributed by atoms with Crippen molar-refractivity contribution in [2.75, 3.05) is 0 Å². The molecule has 0 aliphatic rings. The van der Waals surface area contributed by atoms with Crippen LogP contribution >= 0.6 is 0 Å². The molecule has 1 atom stereocenters. The van der Waals surface area contributed by atoms with Crippen LogP contribution in [0.2, 0.25) is 0 Å². The summed E-state index contributed by atoms with van der Waals surface area (Å²) in [7, 11) is 0. The lowest BCUT2D eigenvalue weighted by atomic mass is 10.1. The van der Waals surface area contributed by atoms with Gasteiger partial charge < -0.3 is 10.4 Å². The number of amides is 1. The number of rotatable bonds is 6. The summed E-state index contributed by atoms with van der Waals surface area (Å²) in [5.74, 6) is -0.909. The zero-order chi connectivity index (χ0) is 13.5. The summed E-state index contributed by atoms with van der Waals surface area (Å²) in [5, 5.41) is 11.4. The molecule has 1 unspecified atom stereocenters. The van der Waals surface area contributed by atoms with Gasteiger partial charge in [0.2, 0.25) is 5.91 Å². The third kappa shape index (κ3) is 5.48. The minimum absolute atomic E-state index is 0.0708. The van der Waals surface area contributed by atoms with Crippen LogP contribution in [0.1, 0.15) is 30.9 Å². The number of carbonyl (C=O) groups is 2. The minimum Gasteiger partial charge on any atom is -0.481 e. The molecule has 98 valence electrons. The van der Waals surface area contributed by atoms with Gasteiger partial charge >= 0.3 is 5.97 Å². The zero-order valence-electron chi connectivity index (χ0n) is 10.8. The van der Waals surface area contributed by atoms with Crippen LogP contribution in [-0.4, -0.2) is 23.0 Å². The molecule has 2 N–H and O–H groups in total.